The van der Waals surface area contributed by atoms with E-state index in [1.807, 2.05) is 26.0 Å². The SMILES string of the molecule is CCCCCCCCCCCCCCCCCCOCC(CS(=O)(=O)CCOS(C)(=O)=O)OC.CN(C)C. The number of sulfone groups is 1. The number of nitrogens with zero attached hydrogens (tertiary/aromatic N) is 1. The maximum atomic E-state index is 12.1. The third kappa shape index (κ3) is 35.7. The predicted octanol–water partition coefficient (Wildman–Crippen LogP) is 5.85. The fourth-order valence-electron chi connectivity index (χ4n) is 3.83. The summed E-state index contributed by atoms with van der Waals surface area (Å²) in [5.41, 5.74) is 0. The van der Waals surface area contributed by atoms with Crippen molar-refractivity contribution in [1.29, 1.82) is 0 Å². The van der Waals surface area contributed by atoms with Crippen molar-refractivity contribution in [3.63, 3.8) is 0 Å². The molecule has 0 saturated heterocycles. The highest BCUT2D eigenvalue weighted by Gasteiger charge is 2.20. The highest BCUT2D eigenvalue weighted by atomic mass is 32.2. The molecule has 1 unspecified atom stereocenters. The molecule has 0 fully saturated rings. The quantitative estimate of drug-likeness (QED) is 0.0918. The molecule has 0 aromatic heterocycles. The van der Waals surface area contributed by atoms with Crippen molar-refractivity contribution in [3.05, 3.63) is 0 Å². The highest BCUT2D eigenvalue weighted by Crippen LogP contribution is 2.13. The summed E-state index contributed by atoms with van der Waals surface area (Å²) in [5.74, 6) is -0.575. The number of hydrogen-bond acceptors (Lipinski definition) is 8. The van der Waals surface area contributed by atoms with Gasteiger partial charge in [0, 0.05) is 13.7 Å². The van der Waals surface area contributed by atoms with Gasteiger partial charge in [-0.3, -0.25) is 4.18 Å². The van der Waals surface area contributed by atoms with Crippen LogP contribution in [0, 0.1) is 0 Å². The monoisotopic (exact) mass is 587 g/mol. The van der Waals surface area contributed by atoms with Gasteiger partial charge in [0.05, 0.1) is 37.1 Å². The minimum absolute atomic E-state index is 0.210. The van der Waals surface area contributed by atoms with Gasteiger partial charge in [-0.15, -0.1) is 0 Å². The van der Waals surface area contributed by atoms with Crippen LogP contribution in [0.5, 0.6) is 0 Å². The largest absolute Gasteiger partial charge is 0.379 e. The minimum atomic E-state index is -3.64. The zero-order chi connectivity index (χ0) is 29.1. The summed E-state index contributed by atoms with van der Waals surface area (Å²) >= 11 is 0. The van der Waals surface area contributed by atoms with E-state index in [1.165, 1.54) is 97.0 Å². The molecular formula is C28H61NO7S2. The van der Waals surface area contributed by atoms with Crippen LogP contribution in [0.3, 0.4) is 0 Å². The molecule has 232 valence electrons. The lowest BCUT2D eigenvalue weighted by molar-refractivity contribution is 0.0190. The predicted molar refractivity (Wildman–Crippen MR) is 160 cm³/mol. The third-order valence-corrected chi connectivity index (χ3v) is 8.17. The molecular weight excluding hydrogens is 526 g/mol. The van der Waals surface area contributed by atoms with E-state index in [4.69, 9.17) is 9.47 Å². The molecule has 0 amide bonds. The van der Waals surface area contributed by atoms with E-state index < -0.39 is 26.1 Å². The molecule has 0 aliphatic heterocycles. The van der Waals surface area contributed by atoms with Crippen LogP contribution in [0.25, 0.3) is 0 Å². The number of methoxy groups -OCH3 is 1. The number of ether oxygens (including phenoxy) is 2. The lowest BCUT2D eigenvalue weighted by Gasteiger charge is -2.15. The summed E-state index contributed by atoms with van der Waals surface area (Å²) in [5, 5.41) is 0. The summed E-state index contributed by atoms with van der Waals surface area (Å²) < 4.78 is 61.3. The van der Waals surface area contributed by atoms with E-state index in [-0.39, 0.29) is 24.7 Å². The van der Waals surface area contributed by atoms with Crippen LogP contribution >= 0.6 is 0 Å². The first-order chi connectivity index (χ1) is 17.9. The van der Waals surface area contributed by atoms with Gasteiger partial charge < -0.3 is 14.4 Å². The summed E-state index contributed by atoms with van der Waals surface area (Å²) in [6.07, 6.45) is 21.4. The average molecular weight is 588 g/mol. The maximum Gasteiger partial charge on any atom is 0.264 e. The third-order valence-electron chi connectivity index (χ3n) is 5.91. The molecule has 0 bridgehead atoms. The van der Waals surface area contributed by atoms with E-state index in [0.717, 1.165) is 19.1 Å². The first kappa shape index (κ1) is 39.9. The fraction of sp³-hybridized carbons (Fsp3) is 1.00. The second-order valence-corrected chi connectivity index (χ2v) is 14.6. The molecule has 38 heavy (non-hydrogen) atoms. The second kappa shape index (κ2) is 26.9. The summed E-state index contributed by atoms with van der Waals surface area (Å²) in [7, 11) is 0.325. The Bertz CT molecular complexity index is 695. The van der Waals surface area contributed by atoms with Gasteiger partial charge in [0.2, 0.25) is 0 Å². The average Bonchev–Trinajstić information content (AvgIpc) is 2.81. The Morgan fingerprint density at radius 3 is 1.42 bits per heavy atom. The van der Waals surface area contributed by atoms with Crippen LogP contribution in [-0.2, 0) is 33.6 Å². The lowest BCUT2D eigenvalue weighted by Crippen LogP contribution is -2.30. The van der Waals surface area contributed by atoms with Gasteiger partial charge in [-0.1, -0.05) is 103 Å². The van der Waals surface area contributed by atoms with Crippen LogP contribution in [0.1, 0.15) is 110 Å². The summed E-state index contributed by atoms with van der Waals surface area (Å²) in [6.45, 7) is 2.69. The molecule has 0 saturated carbocycles. The van der Waals surface area contributed by atoms with Crippen LogP contribution in [-0.4, -0.2) is 93.7 Å². The Morgan fingerprint density at radius 1 is 0.658 bits per heavy atom. The molecule has 8 nitrogen and oxygen atoms in total. The minimum Gasteiger partial charge on any atom is -0.379 e. The molecule has 0 aromatic rings. The molecule has 0 radical (unpaired) electrons. The topological polar surface area (TPSA) is 99.2 Å². The second-order valence-electron chi connectivity index (χ2n) is 10.7. The number of rotatable bonds is 26. The van der Waals surface area contributed by atoms with Gasteiger partial charge in [-0.2, -0.15) is 8.42 Å². The highest BCUT2D eigenvalue weighted by molar-refractivity contribution is 7.91. The standard InChI is InChI=1S/C25H52O7S2.C3H9N/c1-4-5-6-7-8-9-10-11-12-13-14-15-16-17-18-19-20-31-23-25(30-2)24-34(28,29)22-21-32-33(3,26)27;1-4(2)3/h25H,4-24H2,1-3H3;1-3H3. The molecule has 0 heterocycles. The molecule has 0 rings (SSSR count). The lowest BCUT2D eigenvalue weighted by atomic mass is 10.0. The molecule has 10 heteroatoms. The molecule has 0 aliphatic carbocycles. The van der Waals surface area contributed by atoms with Gasteiger partial charge in [0.1, 0.15) is 0 Å². The Morgan fingerprint density at radius 2 is 1.05 bits per heavy atom. The molecule has 0 aromatic carbocycles. The van der Waals surface area contributed by atoms with E-state index in [1.54, 1.807) is 0 Å². The first-order valence-electron chi connectivity index (χ1n) is 14.7. The van der Waals surface area contributed by atoms with Crippen LogP contribution in [0.15, 0.2) is 0 Å². The normalized spacial score (nSPS) is 12.9. The van der Waals surface area contributed by atoms with Crippen molar-refractivity contribution in [2.24, 2.45) is 0 Å². The summed E-state index contributed by atoms with van der Waals surface area (Å²) in [6, 6.07) is 0. The van der Waals surface area contributed by atoms with Crippen LogP contribution in [0.2, 0.25) is 0 Å². The van der Waals surface area contributed by atoms with E-state index in [2.05, 4.69) is 11.1 Å². The van der Waals surface area contributed by atoms with Crippen molar-refractivity contribution < 1.29 is 30.5 Å². The zero-order valence-electron chi connectivity index (χ0n) is 25.5. The van der Waals surface area contributed by atoms with Crippen molar-refractivity contribution in [1.82, 2.24) is 4.90 Å². The molecule has 0 aliphatic rings. The van der Waals surface area contributed by atoms with Crippen LogP contribution in [0.4, 0.5) is 0 Å². The fourth-order valence-corrected chi connectivity index (χ4v) is 5.62. The number of unbranched alkanes of at least 4 members (excludes halogenated alkanes) is 15. The van der Waals surface area contributed by atoms with Gasteiger partial charge in [-0.25, -0.2) is 8.42 Å². The van der Waals surface area contributed by atoms with Crippen molar-refractivity contribution in [2.75, 3.05) is 65.8 Å². The van der Waals surface area contributed by atoms with E-state index >= 15 is 0 Å². The van der Waals surface area contributed by atoms with Gasteiger partial charge in [0.15, 0.2) is 9.84 Å². The Balaban J connectivity index is 0. The Kier molecular flexibility index (Phi) is 28.3. The number of hydrogen-bond donors (Lipinski definition) is 0. The van der Waals surface area contributed by atoms with Gasteiger partial charge in [0.25, 0.3) is 10.1 Å². The van der Waals surface area contributed by atoms with Crippen LogP contribution < -0.4 is 0 Å². The van der Waals surface area contributed by atoms with Crippen molar-refractivity contribution in [3.8, 4) is 0 Å². The van der Waals surface area contributed by atoms with Crippen molar-refractivity contribution >= 4 is 20.0 Å². The Hall–Kier alpha value is -0.260. The van der Waals surface area contributed by atoms with E-state index in [0.29, 0.717) is 6.61 Å². The molecule has 0 spiro atoms. The smallest absolute Gasteiger partial charge is 0.264 e. The summed E-state index contributed by atoms with van der Waals surface area (Å²) in [4.78, 5) is 2.00. The maximum absolute atomic E-state index is 12.1. The molecule has 0 N–H and O–H groups in total. The van der Waals surface area contributed by atoms with Gasteiger partial charge in [-0.05, 0) is 27.6 Å². The molecule has 1 atom stereocenters. The zero-order valence-corrected chi connectivity index (χ0v) is 27.2. The Labute approximate surface area is 236 Å². The van der Waals surface area contributed by atoms with Crippen molar-refractivity contribution in [2.45, 2.75) is 116 Å². The first-order valence-corrected chi connectivity index (χ1v) is 18.3. The van der Waals surface area contributed by atoms with E-state index in [9.17, 15) is 16.8 Å². The van der Waals surface area contributed by atoms with Gasteiger partial charge >= 0.3 is 0 Å².